The van der Waals surface area contributed by atoms with E-state index < -0.39 is 0 Å². The van der Waals surface area contributed by atoms with Gasteiger partial charge in [-0.05, 0) is 41.5 Å². The lowest BCUT2D eigenvalue weighted by Crippen LogP contribution is -2.03. The van der Waals surface area contributed by atoms with Gasteiger partial charge in [-0.1, -0.05) is 109 Å². The van der Waals surface area contributed by atoms with Crippen LogP contribution in [0.15, 0.2) is 146 Å². The molecule has 0 spiro atoms. The summed E-state index contributed by atoms with van der Waals surface area (Å²) in [5.41, 5.74) is 7.49. The average Bonchev–Trinajstić information content (AvgIpc) is 3.84. The van der Waals surface area contributed by atoms with E-state index in [2.05, 4.69) is 138 Å². The molecule has 6 heteroatoms. The molecule has 5 heterocycles. The third kappa shape index (κ3) is 3.87. The Balaban J connectivity index is 1.29. The molecule has 5 aromatic heterocycles. The Morgan fingerprint density at radius 2 is 1.12 bits per heavy atom. The van der Waals surface area contributed by atoms with Gasteiger partial charge in [0.2, 0.25) is 5.95 Å². The molecule has 0 saturated heterocycles. The topological polar surface area (TPSA) is 43.6 Å². The number of fused-ring (bicyclic) bond motifs is 13. The number of rotatable bonds is 3. The van der Waals surface area contributed by atoms with E-state index in [0.717, 1.165) is 43.4 Å². The SMILES string of the molecule is c1ccc(-c2ccc(-c3nc(-n4c5ccccc5c5c6sc7ccccc7c6c6sc7ncccc7c6c54)nc4ccccc34)cc2)cc1. The number of hydrogen-bond acceptors (Lipinski definition) is 5. The Kier molecular flexibility index (Phi) is 5.67. The Morgan fingerprint density at radius 3 is 2.00 bits per heavy atom. The molecule has 6 aromatic carbocycles. The molecule has 0 atom stereocenters. The normalized spacial score (nSPS) is 12.1. The Labute approximate surface area is 288 Å². The lowest BCUT2D eigenvalue weighted by molar-refractivity contribution is 1.02. The maximum Gasteiger partial charge on any atom is 0.235 e. The molecule has 0 amide bonds. The highest BCUT2D eigenvalue weighted by Gasteiger charge is 2.26. The van der Waals surface area contributed by atoms with Gasteiger partial charge in [-0.3, -0.25) is 4.57 Å². The monoisotopic (exact) mass is 660 g/mol. The number of pyridine rings is 1. The summed E-state index contributed by atoms with van der Waals surface area (Å²) < 4.78 is 6.15. The number of aromatic nitrogens is 4. The zero-order chi connectivity index (χ0) is 32.1. The van der Waals surface area contributed by atoms with E-state index in [0.29, 0.717) is 5.95 Å². The zero-order valence-corrected chi connectivity index (χ0v) is 27.6. The van der Waals surface area contributed by atoms with Crippen molar-refractivity contribution in [3.05, 3.63) is 146 Å². The molecule has 4 nitrogen and oxygen atoms in total. The Hall–Kier alpha value is -5.95. The van der Waals surface area contributed by atoms with E-state index in [9.17, 15) is 0 Å². The quantitative estimate of drug-likeness (QED) is 0.189. The molecule has 0 N–H and O–H groups in total. The van der Waals surface area contributed by atoms with Crippen molar-refractivity contribution < 1.29 is 0 Å². The summed E-state index contributed by atoms with van der Waals surface area (Å²) in [6.07, 6.45) is 1.90. The highest BCUT2D eigenvalue weighted by molar-refractivity contribution is 7.30. The molecule has 0 fully saturated rings. The number of para-hydroxylation sites is 2. The molecular formula is C43H24N4S2. The Morgan fingerprint density at radius 1 is 0.469 bits per heavy atom. The van der Waals surface area contributed by atoms with Gasteiger partial charge in [0.15, 0.2) is 0 Å². The third-order valence-corrected chi connectivity index (χ3v) is 12.0. The van der Waals surface area contributed by atoms with E-state index in [1.54, 1.807) is 11.3 Å². The minimum absolute atomic E-state index is 0.664. The van der Waals surface area contributed by atoms with Gasteiger partial charge in [-0.2, -0.15) is 0 Å². The first kappa shape index (κ1) is 27.0. The van der Waals surface area contributed by atoms with E-state index in [4.69, 9.17) is 15.0 Å². The fourth-order valence-corrected chi connectivity index (χ4v) is 10.1. The van der Waals surface area contributed by atoms with Crippen molar-refractivity contribution in [1.29, 1.82) is 0 Å². The zero-order valence-electron chi connectivity index (χ0n) is 26.0. The molecule has 0 aliphatic rings. The maximum atomic E-state index is 5.45. The van der Waals surface area contributed by atoms with Crippen molar-refractivity contribution in [2.45, 2.75) is 0 Å². The van der Waals surface area contributed by atoms with Crippen LogP contribution in [0.4, 0.5) is 0 Å². The van der Waals surface area contributed by atoms with Crippen LogP contribution in [0.5, 0.6) is 0 Å². The minimum Gasteiger partial charge on any atom is -0.277 e. The summed E-state index contributed by atoms with van der Waals surface area (Å²) in [5, 5.41) is 8.44. The van der Waals surface area contributed by atoms with Crippen LogP contribution in [0.25, 0.3) is 102 Å². The van der Waals surface area contributed by atoms with Gasteiger partial charge in [0.25, 0.3) is 0 Å². The number of benzene rings is 6. The highest BCUT2D eigenvalue weighted by atomic mass is 32.1. The lowest BCUT2D eigenvalue weighted by atomic mass is 10.0. The van der Waals surface area contributed by atoms with Crippen LogP contribution >= 0.6 is 22.7 Å². The van der Waals surface area contributed by atoms with Gasteiger partial charge in [0, 0.05) is 63.6 Å². The molecule has 0 aliphatic carbocycles. The summed E-state index contributed by atoms with van der Waals surface area (Å²) in [5.74, 6) is 0.664. The van der Waals surface area contributed by atoms with Gasteiger partial charge in [-0.15, -0.1) is 22.7 Å². The summed E-state index contributed by atoms with van der Waals surface area (Å²) in [6, 6.07) is 49.4. The molecule has 11 rings (SSSR count). The summed E-state index contributed by atoms with van der Waals surface area (Å²) in [4.78, 5) is 16.7. The van der Waals surface area contributed by atoms with E-state index in [-0.39, 0.29) is 0 Å². The first-order valence-corrected chi connectivity index (χ1v) is 17.9. The third-order valence-electron chi connectivity index (χ3n) is 9.68. The second kappa shape index (κ2) is 10.3. The summed E-state index contributed by atoms with van der Waals surface area (Å²) >= 11 is 3.66. The molecule has 228 valence electrons. The van der Waals surface area contributed by atoms with Crippen molar-refractivity contribution in [2.24, 2.45) is 0 Å². The molecule has 0 unspecified atom stereocenters. The van der Waals surface area contributed by atoms with E-state index >= 15 is 0 Å². The molecular weight excluding hydrogens is 637 g/mol. The van der Waals surface area contributed by atoms with Gasteiger partial charge in [0.05, 0.1) is 22.2 Å². The van der Waals surface area contributed by atoms with E-state index in [1.807, 2.05) is 23.6 Å². The van der Waals surface area contributed by atoms with Crippen LogP contribution in [0.2, 0.25) is 0 Å². The van der Waals surface area contributed by atoms with Crippen LogP contribution < -0.4 is 0 Å². The maximum absolute atomic E-state index is 5.45. The fraction of sp³-hybridized carbons (Fsp3) is 0. The van der Waals surface area contributed by atoms with Crippen molar-refractivity contribution >= 4 is 95.9 Å². The predicted molar refractivity (Wildman–Crippen MR) is 208 cm³/mol. The molecule has 0 aliphatic heterocycles. The first-order chi connectivity index (χ1) is 24.3. The molecule has 0 saturated carbocycles. The average molecular weight is 661 g/mol. The van der Waals surface area contributed by atoms with Crippen LogP contribution in [0.3, 0.4) is 0 Å². The van der Waals surface area contributed by atoms with Crippen molar-refractivity contribution in [3.8, 4) is 28.3 Å². The second-order valence-electron chi connectivity index (χ2n) is 12.4. The molecule has 0 bridgehead atoms. The molecule has 49 heavy (non-hydrogen) atoms. The smallest absolute Gasteiger partial charge is 0.235 e. The van der Waals surface area contributed by atoms with Gasteiger partial charge in [-0.25, -0.2) is 15.0 Å². The Bertz CT molecular complexity index is 3070. The van der Waals surface area contributed by atoms with Crippen molar-refractivity contribution in [2.75, 3.05) is 0 Å². The number of nitrogens with zero attached hydrogens (tertiary/aromatic N) is 4. The molecule has 0 radical (unpaired) electrons. The van der Waals surface area contributed by atoms with Gasteiger partial charge >= 0.3 is 0 Å². The van der Waals surface area contributed by atoms with Gasteiger partial charge in [0.1, 0.15) is 4.83 Å². The van der Waals surface area contributed by atoms with E-state index in [1.165, 1.54) is 52.2 Å². The van der Waals surface area contributed by atoms with Crippen molar-refractivity contribution in [3.63, 3.8) is 0 Å². The predicted octanol–water partition coefficient (Wildman–Crippen LogP) is 12.2. The fourth-order valence-electron chi connectivity index (χ4n) is 7.54. The highest BCUT2D eigenvalue weighted by Crippen LogP contribution is 2.51. The largest absolute Gasteiger partial charge is 0.277 e. The van der Waals surface area contributed by atoms with Crippen LogP contribution in [-0.4, -0.2) is 19.5 Å². The lowest BCUT2D eigenvalue weighted by Gasteiger charge is -2.13. The van der Waals surface area contributed by atoms with Crippen LogP contribution in [-0.2, 0) is 0 Å². The van der Waals surface area contributed by atoms with Gasteiger partial charge < -0.3 is 0 Å². The molecule has 11 aromatic rings. The number of hydrogen-bond donors (Lipinski definition) is 0. The number of thiophene rings is 2. The van der Waals surface area contributed by atoms with Crippen LogP contribution in [0.1, 0.15) is 0 Å². The summed E-state index contributed by atoms with van der Waals surface area (Å²) in [7, 11) is 0. The first-order valence-electron chi connectivity index (χ1n) is 16.3. The standard InChI is InChI=1S/C43H24N4S2/c1-2-11-25(12-3-1)26-20-22-27(23-21-26)38-28-13-4-7-17-32(28)45-43(46-38)47-33-18-8-5-14-29(33)35-39(47)36-31-16-10-24-44-42(31)49-41(36)37-30-15-6-9-19-34(30)48-40(35)37/h1-24H. The second-order valence-corrected chi connectivity index (χ2v) is 14.4. The van der Waals surface area contributed by atoms with Crippen LogP contribution in [0, 0.1) is 0 Å². The summed E-state index contributed by atoms with van der Waals surface area (Å²) in [6.45, 7) is 0. The van der Waals surface area contributed by atoms with Crippen molar-refractivity contribution in [1.82, 2.24) is 19.5 Å². The minimum atomic E-state index is 0.664.